The number of hydrogen-bond donors (Lipinski definition) is 1. The maximum Gasteiger partial charge on any atom is 0.224 e. The van der Waals surface area contributed by atoms with Gasteiger partial charge in [-0.3, -0.25) is 4.79 Å². The van der Waals surface area contributed by atoms with E-state index in [1.807, 2.05) is 0 Å². The van der Waals surface area contributed by atoms with E-state index in [1.165, 1.54) is 6.07 Å². The summed E-state index contributed by atoms with van der Waals surface area (Å²) in [6.07, 6.45) is 2.80. The van der Waals surface area contributed by atoms with Crippen LogP contribution in [-0.2, 0) is 11.2 Å². The van der Waals surface area contributed by atoms with Crippen LogP contribution in [0.2, 0.25) is 0 Å². The van der Waals surface area contributed by atoms with E-state index in [1.54, 1.807) is 0 Å². The van der Waals surface area contributed by atoms with Gasteiger partial charge >= 0.3 is 0 Å². The Hall–Kier alpha value is -1.16. The molecule has 1 rings (SSSR count). The van der Waals surface area contributed by atoms with Crippen molar-refractivity contribution in [2.24, 2.45) is 5.92 Å². The zero-order chi connectivity index (χ0) is 15.0. The highest BCUT2D eigenvalue weighted by Gasteiger charge is 2.12. The van der Waals surface area contributed by atoms with Crippen LogP contribution in [0.3, 0.4) is 0 Å². The molecule has 0 aliphatic rings. The Bertz CT molecular complexity index is 434. The van der Waals surface area contributed by atoms with E-state index in [0.717, 1.165) is 31.4 Å². The van der Waals surface area contributed by atoms with E-state index >= 15 is 0 Å². The zero-order valence-corrected chi connectivity index (χ0v) is 12.4. The first kappa shape index (κ1) is 16.9. The third-order valence-corrected chi connectivity index (χ3v) is 3.39. The Kier molecular flexibility index (Phi) is 7.52. The number of amides is 1. The number of carbonyl (C=O) groups is 1. The van der Waals surface area contributed by atoms with Crippen LogP contribution in [0.4, 0.5) is 8.78 Å². The van der Waals surface area contributed by atoms with Crippen molar-refractivity contribution in [2.75, 3.05) is 12.4 Å². The van der Waals surface area contributed by atoms with Crippen LogP contribution in [0.15, 0.2) is 18.2 Å². The fraction of sp³-hybridized carbons (Fsp3) is 0.533. The van der Waals surface area contributed by atoms with Crippen LogP contribution in [0, 0.1) is 17.6 Å². The van der Waals surface area contributed by atoms with Crippen molar-refractivity contribution in [1.82, 2.24) is 5.32 Å². The highest BCUT2D eigenvalue weighted by Crippen LogP contribution is 2.12. The van der Waals surface area contributed by atoms with Crippen molar-refractivity contribution in [1.29, 1.82) is 0 Å². The first-order chi connectivity index (χ1) is 9.56. The lowest BCUT2D eigenvalue weighted by molar-refractivity contribution is -0.120. The minimum Gasteiger partial charge on any atom is -0.356 e. The number of carbonyl (C=O) groups excluding carboxylic acids is 1. The molecule has 0 saturated heterocycles. The van der Waals surface area contributed by atoms with Gasteiger partial charge in [0.1, 0.15) is 11.6 Å². The molecule has 1 N–H and O–H groups in total. The van der Waals surface area contributed by atoms with E-state index in [9.17, 15) is 13.6 Å². The summed E-state index contributed by atoms with van der Waals surface area (Å²) < 4.78 is 26.2. The van der Waals surface area contributed by atoms with Gasteiger partial charge in [-0.2, -0.15) is 0 Å². The molecule has 1 aromatic carbocycles. The Morgan fingerprint density at radius 1 is 1.35 bits per heavy atom. The lowest BCUT2D eigenvalue weighted by Gasteiger charge is -2.15. The van der Waals surface area contributed by atoms with Gasteiger partial charge in [-0.05, 0) is 30.4 Å². The lowest BCUT2D eigenvalue weighted by Crippen LogP contribution is -2.31. The van der Waals surface area contributed by atoms with Crippen LogP contribution in [-0.4, -0.2) is 18.3 Å². The predicted molar refractivity (Wildman–Crippen MR) is 76.8 cm³/mol. The van der Waals surface area contributed by atoms with Gasteiger partial charge in [0.2, 0.25) is 5.91 Å². The largest absolute Gasteiger partial charge is 0.356 e. The highest BCUT2D eigenvalue weighted by atomic mass is 35.5. The van der Waals surface area contributed by atoms with Crippen LogP contribution in [0.5, 0.6) is 0 Å². The van der Waals surface area contributed by atoms with Crippen molar-refractivity contribution < 1.29 is 13.6 Å². The molecular weight excluding hydrogens is 284 g/mol. The number of nitrogens with one attached hydrogen (secondary N) is 1. The smallest absolute Gasteiger partial charge is 0.224 e. The summed E-state index contributed by atoms with van der Waals surface area (Å²) in [5.41, 5.74) is 0.202. The predicted octanol–water partition coefficient (Wildman–Crippen LogP) is 3.67. The van der Waals surface area contributed by atoms with Crippen LogP contribution in [0.1, 0.15) is 31.7 Å². The maximum atomic E-state index is 13.4. The number of hydrogen-bond acceptors (Lipinski definition) is 1. The van der Waals surface area contributed by atoms with Crippen LogP contribution in [0.25, 0.3) is 0 Å². The van der Waals surface area contributed by atoms with Crippen molar-refractivity contribution in [2.45, 2.75) is 32.6 Å². The molecule has 20 heavy (non-hydrogen) atoms. The second-order valence-electron chi connectivity index (χ2n) is 4.85. The van der Waals surface area contributed by atoms with Crippen molar-refractivity contribution in [3.63, 3.8) is 0 Å². The van der Waals surface area contributed by atoms with Gasteiger partial charge in [0, 0.05) is 18.5 Å². The Morgan fingerprint density at radius 3 is 2.70 bits per heavy atom. The van der Waals surface area contributed by atoms with Crippen molar-refractivity contribution >= 4 is 17.5 Å². The molecule has 0 spiro atoms. The first-order valence-corrected chi connectivity index (χ1v) is 7.36. The quantitative estimate of drug-likeness (QED) is 0.730. The molecule has 1 atom stereocenters. The van der Waals surface area contributed by atoms with Crippen molar-refractivity contribution in [3.8, 4) is 0 Å². The van der Waals surface area contributed by atoms with E-state index in [-0.39, 0.29) is 17.9 Å². The summed E-state index contributed by atoms with van der Waals surface area (Å²) in [7, 11) is 0. The number of benzene rings is 1. The van der Waals surface area contributed by atoms with Gasteiger partial charge in [0.15, 0.2) is 0 Å². The second-order valence-corrected chi connectivity index (χ2v) is 5.23. The summed E-state index contributed by atoms with van der Waals surface area (Å²) in [5.74, 6) is -0.680. The fourth-order valence-electron chi connectivity index (χ4n) is 2.07. The fourth-order valence-corrected chi connectivity index (χ4v) is 2.38. The summed E-state index contributed by atoms with van der Waals surface area (Å²) in [5, 5.41) is 2.78. The molecule has 112 valence electrons. The average Bonchev–Trinajstić information content (AvgIpc) is 2.40. The lowest BCUT2D eigenvalue weighted by atomic mass is 10.0. The Morgan fingerprint density at radius 2 is 2.10 bits per heavy atom. The first-order valence-electron chi connectivity index (χ1n) is 6.83. The molecule has 5 heteroatoms. The highest BCUT2D eigenvalue weighted by molar-refractivity contribution is 6.17. The molecule has 1 aromatic rings. The van der Waals surface area contributed by atoms with E-state index in [2.05, 4.69) is 12.2 Å². The van der Waals surface area contributed by atoms with Crippen molar-refractivity contribution in [3.05, 3.63) is 35.4 Å². The van der Waals surface area contributed by atoms with Gasteiger partial charge in [-0.25, -0.2) is 8.78 Å². The van der Waals surface area contributed by atoms with Crippen LogP contribution < -0.4 is 5.32 Å². The molecule has 1 unspecified atom stereocenters. The summed E-state index contributed by atoms with van der Waals surface area (Å²) in [6, 6.07) is 3.24. The number of halogens is 3. The standard InChI is InChI=1S/C15H20ClF2NO/c1-2-3-11(6-7-16)10-19-15(20)8-12-4-5-13(17)9-14(12)18/h4-5,9,11H,2-3,6-8,10H2,1H3,(H,19,20). The minimum absolute atomic E-state index is 0.0775. The maximum absolute atomic E-state index is 13.4. The topological polar surface area (TPSA) is 29.1 Å². The molecular formula is C15H20ClF2NO. The monoisotopic (exact) mass is 303 g/mol. The van der Waals surface area contributed by atoms with Gasteiger partial charge in [0.05, 0.1) is 6.42 Å². The molecule has 0 aliphatic heterocycles. The molecule has 0 saturated carbocycles. The Balaban J connectivity index is 2.46. The third kappa shape index (κ3) is 5.87. The second kappa shape index (κ2) is 8.90. The van der Waals surface area contributed by atoms with E-state index < -0.39 is 11.6 Å². The normalized spacial score (nSPS) is 12.2. The Labute approximate surface area is 123 Å². The van der Waals surface area contributed by atoms with Gasteiger partial charge in [0.25, 0.3) is 0 Å². The van der Waals surface area contributed by atoms with Crippen LogP contribution >= 0.6 is 11.6 Å². The third-order valence-electron chi connectivity index (χ3n) is 3.17. The minimum atomic E-state index is -0.689. The molecule has 0 heterocycles. The average molecular weight is 304 g/mol. The number of alkyl halides is 1. The van der Waals surface area contributed by atoms with Gasteiger partial charge < -0.3 is 5.32 Å². The summed E-state index contributed by atoms with van der Waals surface area (Å²) in [4.78, 5) is 11.8. The molecule has 1 amide bonds. The molecule has 0 bridgehead atoms. The SMILES string of the molecule is CCCC(CCCl)CNC(=O)Cc1ccc(F)cc1F. The van der Waals surface area contributed by atoms with Gasteiger partial charge in [-0.15, -0.1) is 11.6 Å². The van der Waals surface area contributed by atoms with Gasteiger partial charge in [-0.1, -0.05) is 19.4 Å². The van der Waals surface area contributed by atoms with E-state index in [4.69, 9.17) is 11.6 Å². The summed E-state index contributed by atoms with van der Waals surface area (Å²) >= 11 is 5.71. The number of rotatable bonds is 8. The molecule has 0 radical (unpaired) electrons. The summed E-state index contributed by atoms with van der Waals surface area (Å²) in [6.45, 7) is 2.62. The van der Waals surface area contributed by atoms with E-state index in [0.29, 0.717) is 18.3 Å². The molecule has 0 aliphatic carbocycles. The zero-order valence-electron chi connectivity index (χ0n) is 11.6. The molecule has 2 nitrogen and oxygen atoms in total. The molecule has 0 fully saturated rings. The molecule has 0 aromatic heterocycles.